The summed E-state index contributed by atoms with van der Waals surface area (Å²) in [4.78, 5) is 25.3. The molecule has 33 heavy (non-hydrogen) atoms. The van der Waals surface area contributed by atoms with E-state index >= 15 is 0 Å². The van der Waals surface area contributed by atoms with Crippen LogP contribution in [0.5, 0.6) is 5.75 Å². The summed E-state index contributed by atoms with van der Waals surface area (Å²) < 4.78 is 10.8. The van der Waals surface area contributed by atoms with Crippen LogP contribution in [0, 0.1) is 16.0 Å². The van der Waals surface area contributed by atoms with E-state index in [1.165, 1.54) is 17.7 Å². The summed E-state index contributed by atoms with van der Waals surface area (Å²) in [5.41, 5.74) is 1.99. The zero-order valence-electron chi connectivity index (χ0n) is 18.6. The second-order valence-corrected chi connectivity index (χ2v) is 9.76. The lowest BCUT2D eigenvalue weighted by atomic mass is 9.97. The number of thioether (sulfide) groups is 1. The van der Waals surface area contributed by atoms with E-state index in [4.69, 9.17) is 9.47 Å². The lowest BCUT2D eigenvalue weighted by Gasteiger charge is -2.28. The van der Waals surface area contributed by atoms with Crippen molar-refractivity contribution in [2.75, 3.05) is 26.7 Å². The molecule has 2 heterocycles. The predicted molar refractivity (Wildman–Crippen MR) is 127 cm³/mol. The van der Waals surface area contributed by atoms with E-state index in [1.807, 2.05) is 28.8 Å². The molecule has 1 N–H and O–H groups in total. The minimum absolute atomic E-state index is 0.0233. The number of nitro benzene ring substituents is 1. The summed E-state index contributed by atoms with van der Waals surface area (Å²) in [7, 11) is 1.66. The van der Waals surface area contributed by atoms with Crippen molar-refractivity contribution in [1.29, 1.82) is 0 Å². The fourth-order valence-corrected chi connectivity index (χ4v) is 5.71. The van der Waals surface area contributed by atoms with Crippen LogP contribution in [0.4, 0.5) is 10.5 Å². The summed E-state index contributed by atoms with van der Waals surface area (Å²) in [5, 5.41) is 14.6. The molecule has 0 bridgehead atoms. The van der Waals surface area contributed by atoms with E-state index in [9.17, 15) is 14.9 Å². The zero-order valence-corrected chi connectivity index (χ0v) is 19.5. The topological polar surface area (TPSA) is 93.9 Å². The first-order valence-corrected chi connectivity index (χ1v) is 12.2. The lowest BCUT2D eigenvalue weighted by Crippen LogP contribution is -2.41. The van der Waals surface area contributed by atoms with Crippen LogP contribution < -0.4 is 10.1 Å². The molecule has 4 rings (SSSR count). The van der Waals surface area contributed by atoms with Crippen molar-refractivity contribution in [3.05, 3.63) is 69.8 Å². The maximum atomic E-state index is 13.0. The van der Waals surface area contributed by atoms with Gasteiger partial charge in [-0.25, -0.2) is 4.79 Å². The van der Waals surface area contributed by atoms with Crippen LogP contribution >= 0.6 is 11.8 Å². The van der Waals surface area contributed by atoms with Gasteiger partial charge in [-0.3, -0.25) is 10.1 Å². The van der Waals surface area contributed by atoms with E-state index in [2.05, 4.69) is 17.4 Å². The Balaban J connectivity index is 1.35. The van der Waals surface area contributed by atoms with E-state index in [0.29, 0.717) is 17.7 Å². The number of nitro groups is 1. The number of nitrogens with one attached hydrogen (secondary N) is 1. The Labute approximate surface area is 197 Å². The van der Waals surface area contributed by atoms with Gasteiger partial charge in [-0.1, -0.05) is 12.1 Å². The molecule has 2 aromatic carbocycles. The number of carbonyl (C=O) groups excluding carboxylic acids is 1. The molecule has 8 nitrogen and oxygen atoms in total. The second-order valence-electron chi connectivity index (χ2n) is 8.47. The molecule has 2 aromatic rings. The lowest BCUT2D eigenvalue weighted by molar-refractivity contribution is -0.384. The second kappa shape index (κ2) is 10.9. The average Bonchev–Trinajstić information content (AvgIpc) is 3.52. The monoisotopic (exact) mass is 471 g/mol. The number of benzene rings is 2. The Morgan fingerprint density at radius 1 is 1.18 bits per heavy atom. The van der Waals surface area contributed by atoms with Crippen LogP contribution in [0.2, 0.25) is 0 Å². The van der Waals surface area contributed by atoms with Gasteiger partial charge in [-0.05, 0) is 67.2 Å². The molecule has 0 aromatic heterocycles. The largest absolute Gasteiger partial charge is 0.497 e. The molecule has 0 saturated carbocycles. The number of amides is 1. The molecule has 3 atom stereocenters. The molecular formula is C24H29N3O5S. The van der Waals surface area contributed by atoms with Gasteiger partial charge < -0.3 is 19.7 Å². The van der Waals surface area contributed by atoms with Gasteiger partial charge in [0.1, 0.15) is 12.4 Å². The summed E-state index contributed by atoms with van der Waals surface area (Å²) in [6, 6.07) is 14.4. The van der Waals surface area contributed by atoms with Crippen LogP contribution in [-0.2, 0) is 17.1 Å². The van der Waals surface area contributed by atoms with E-state index in [-0.39, 0.29) is 24.4 Å². The van der Waals surface area contributed by atoms with Crippen molar-refractivity contribution >= 4 is 23.5 Å². The summed E-state index contributed by atoms with van der Waals surface area (Å²) in [5.74, 6) is 2.17. The molecular weight excluding hydrogens is 442 g/mol. The van der Waals surface area contributed by atoms with Crippen LogP contribution in [-0.4, -0.2) is 54.0 Å². The Morgan fingerprint density at radius 3 is 2.55 bits per heavy atom. The number of hydrogen-bond donors (Lipinski definition) is 1. The number of carbonyl (C=O) groups is 1. The fourth-order valence-electron chi connectivity index (χ4n) is 4.49. The van der Waals surface area contributed by atoms with Crippen molar-refractivity contribution in [2.24, 2.45) is 5.92 Å². The van der Waals surface area contributed by atoms with Gasteiger partial charge in [0.15, 0.2) is 0 Å². The highest BCUT2D eigenvalue weighted by atomic mass is 32.2. The quantitative estimate of drug-likeness (QED) is 0.455. The van der Waals surface area contributed by atoms with Crippen LogP contribution in [0.3, 0.4) is 0 Å². The number of methoxy groups -OCH3 is 1. The van der Waals surface area contributed by atoms with Gasteiger partial charge in [0.05, 0.1) is 12.0 Å². The molecule has 176 valence electrons. The van der Waals surface area contributed by atoms with E-state index in [0.717, 1.165) is 43.0 Å². The predicted octanol–water partition coefficient (Wildman–Crippen LogP) is 4.23. The van der Waals surface area contributed by atoms with Gasteiger partial charge in [-0.15, -0.1) is 0 Å². The minimum atomic E-state index is -0.440. The zero-order chi connectivity index (χ0) is 23.2. The van der Waals surface area contributed by atoms with Gasteiger partial charge in [0.25, 0.3) is 5.69 Å². The number of likely N-dealkylation sites (tertiary alicyclic amines) is 1. The van der Waals surface area contributed by atoms with Crippen molar-refractivity contribution in [3.8, 4) is 5.75 Å². The Kier molecular flexibility index (Phi) is 7.72. The number of non-ortho nitro benzene ring substituents is 1. The molecule has 2 aliphatic heterocycles. The molecule has 1 amide bonds. The summed E-state index contributed by atoms with van der Waals surface area (Å²) in [6.07, 6.45) is 1.71. The summed E-state index contributed by atoms with van der Waals surface area (Å²) >= 11 is 1.88. The van der Waals surface area contributed by atoms with E-state index < -0.39 is 4.92 Å². The molecule has 1 unspecified atom stereocenters. The first-order valence-electron chi connectivity index (χ1n) is 11.2. The Bertz CT molecular complexity index is 948. The number of hydrogen-bond acceptors (Lipinski definition) is 7. The molecule has 0 spiro atoms. The maximum Gasteiger partial charge on any atom is 0.410 e. The fraction of sp³-hybridized carbons (Fsp3) is 0.458. The Hall–Kier alpha value is -2.78. The maximum absolute atomic E-state index is 13.0. The molecule has 0 aliphatic carbocycles. The van der Waals surface area contributed by atoms with Crippen molar-refractivity contribution in [3.63, 3.8) is 0 Å². The average molecular weight is 472 g/mol. The van der Waals surface area contributed by atoms with Gasteiger partial charge in [0, 0.05) is 35.7 Å². The molecule has 2 saturated heterocycles. The minimum Gasteiger partial charge on any atom is -0.497 e. The van der Waals surface area contributed by atoms with Gasteiger partial charge >= 0.3 is 6.09 Å². The number of nitrogens with zero attached hydrogens (tertiary/aromatic N) is 2. The van der Waals surface area contributed by atoms with Crippen molar-refractivity contribution < 1.29 is 19.2 Å². The van der Waals surface area contributed by atoms with E-state index in [1.54, 1.807) is 19.2 Å². The first-order chi connectivity index (χ1) is 16.0. The highest BCUT2D eigenvalue weighted by Crippen LogP contribution is 2.35. The normalized spacial score (nSPS) is 22.3. The van der Waals surface area contributed by atoms with Crippen LogP contribution in [0.25, 0.3) is 0 Å². The molecule has 2 fully saturated rings. The SMILES string of the molecule is COc1ccc(CS[C@H]2C[C@@H](C3CCNC3)N(C(=O)OCc3ccc([N+](=O)[O-])cc3)C2)cc1. The van der Waals surface area contributed by atoms with Gasteiger partial charge in [-0.2, -0.15) is 11.8 Å². The molecule has 0 radical (unpaired) electrons. The molecule has 9 heteroatoms. The number of rotatable bonds is 8. The molecule has 2 aliphatic rings. The highest BCUT2D eigenvalue weighted by molar-refractivity contribution is 7.99. The third-order valence-electron chi connectivity index (χ3n) is 6.34. The third kappa shape index (κ3) is 5.97. The summed E-state index contributed by atoms with van der Waals surface area (Å²) in [6.45, 7) is 2.68. The standard InChI is InChI=1S/C24H29N3O5S/c1-31-21-8-4-18(5-9-21)16-33-22-12-23(19-10-11-25-13-19)26(14-22)24(28)32-15-17-2-6-20(7-3-17)27(29)30/h2-9,19,22-23,25H,10-16H2,1H3/t19?,22-,23-/m0/s1. The van der Waals surface area contributed by atoms with Gasteiger partial charge in [0.2, 0.25) is 0 Å². The first kappa shape index (κ1) is 23.4. The van der Waals surface area contributed by atoms with Crippen molar-refractivity contribution in [1.82, 2.24) is 10.2 Å². The van der Waals surface area contributed by atoms with Crippen LogP contribution in [0.15, 0.2) is 48.5 Å². The third-order valence-corrected chi connectivity index (χ3v) is 7.65. The highest BCUT2D eigenvalue weighted by Gasteiger charge is 2.41. The van der Waals surface area contributed by atoms with Crippen LogP contribution in [0.1, 0.15) is 24.0 Å². The smallest absolute Gasteiger partial charge is 0.410 e. The number of ether oxygens (including phenoxy) is 2. The van der Waals surface area contributed by atoms with Crippen molar-refractivity contribution in [2.45, 2.75) is 36.5 Å². The Morgan fingerprint density at radius 2 is 1.91 bits per heavy atom.